The van der Waals surface area contributed by atoms with Crippen LogP contribution >= 0.6 is 0 Å². The van der Waals surface area contributed by atoms with Crippen molar-refractivity contribution in [3.8, 4) is 0 Å². The van der Waals surface area contributed by atoms with E-state index in [4.69, 9.17) is 0 Å². The van der Waals surface area contributed by atoms with Crippen LogP contribution in [0.25, 0.3) is 0 Å². The number of hydrogen-bond acceptors (Lipinski definition) is 2. The maximum Gasteiger partial charge on any atom is 0.0728 e. The standard InChI is InChI=1S/C12H21N3/c1-12(2)6-4-5-10(7-12)14-11-8-13-15(3)9-11/h8-10,14H,4-7H2,1-3H3/t10-/m0/s1. The molecular weight excluding hydrogens is 186 g/mol. The Morgan fingerprint density at radius 1 is 1.53 bits per heavy atom. The number of aryl methyl sites for hydroxylation is 1. The minimum atomic E-state index is 0.498. The summed E-state index contributed by atoms with van der Waals surface area (Å²) >= 11 is 0. The fourth-order valence-corrected chi connectivity index (χ4v) is 2.55. The summed E-state index contributed by atoms with van der Waals surface area (Å²) in [5.74, 6) is 0. The molecule has 0 aliphatic heterocycles. The Balaban J connectivity index is 1.95. The van der Waals surface area contributed by atoms with Crippen molar-refractivity contribution in [3.05, 3.63) is 12.4 Å². The first-order valence-corrected chi connectivity index (χ1v) is 5.80. The summed E-state index contributed by atoms with van der Waals surface area (Å²) in [6.45, 7) is 4.73. The van der Waals surface area contributed by atoms with Gasteiger partial charge < -0.3 is 5.32 Å². The Kier molecular flexibility index (Phi) is 2.72. The summed E-state index contributed by atoms with van der Waals surface area (Å²) in [6, 6.07) is 0.623. The number of nitrogens with one attached hydrogen (secondary N) is 1. The van der Waals surface area contributed by atoms with Gasteiger partial charge in [0.2, 0.25) is 0 Å². The Bertz CT molecular complexity index is 327. The van der Waals surface area contributed by atoms with E-state index in [-0.39, 0.29) is 0 Å². The van der Waals surface area contributed by atoms with E-state index in [1.165, 1.54) is 25.7 Å². The molecule has 1 atom stereocenters. The molecule has 15 heavy (non-hydrogen) atoms. The van der Waals surface area contributed by atoms with Crippen LogP contribution in [-0.2, 0) is 7.05 Å². The van der Waals surface area contributed by atoms with Gasteiger partial charge in [0.05, 0.1) is 11.9 Å². The average Bonchev–Trinajstić information content (AvgIpc) is 2.49. The fourth-order valence-electron chi connectivity index (χ4n) is 2.55. The van der Waals surface area contributed by atoms with Gasteiger partial charge in [-0.2, -0.15) is 5.10 Å². The molecule has 3 nitrogen and oxygen atoms in total. The van der Waals surface area contributed by atoms with E-state index in [0.717, 1.165) is 5.69 Å². The van der Waals surface area contributed by atoms with Gasteiger partial charge >= 0.3 is 0 Å². The molecule has 3 heteroatoms. The van der Waals surface area contributed by atoms with Crippen LogP contribution in [0.3, 0.4) is 0 Å². The van der Waals surface area contributed by atoms with E-state index in [0.29, 0.717) is 11.5 Å². The molecule has 0 bridgehead atoms. The van der Waals surface area contributed by atoms with Crippen molar-refractivity contribution in [2.75, 3.05) is 5.32 Å². The van der Waals surface area contributed by atoms with Gasteiger partial charge in [0.1, 0.15) is 0 Å². The van der Waals surface area contributed by atoms with E-state index < -0.39 is 0 Å². The zero-order chi connectivity index (χ0) is 10.9. The smallest absolute Gasteiger partial charge is 0.0728 e. The Morgan fingerprint density at radius 2 is 2.33 bits per heavy atom. The maximum atomic E-state index is 4.17. The van der Waals surface area contributed by atoms with Gasteiger partial charge in [-0.05, 0) is 24.7 Å². The Morgan fingerprint density at radius 3 is 2.93 bits per heavy atom. The van der Waals surface area contributed by atoms with Crippen LogP contribution in [0.1, 0.15) is 39.5 Å². The molecule has 1 N–H and O–H groups in total. The molecule has 0 aromatic carbocycles. The van der Waals surface area contributed by atoms with Crippen molar-refractivity contribution in [1.82, 2.24) is 9.78 Å². The van der Waals surface area contributed by atoms with Gasteiger partial charge in [-0.15, -0.1) is 0 Å². The van der Waals surface area contributed by atoms with E-state index in [1.54, 1.807) is 0 Å². The molecule has 1 heterocycles. The lowest BCUT2D eigenvalue weighted by molar-refractivity contribution is 0.229. The number of nitrogens with zero attached hydrogens (tertiary/aromatic N) is 2. The predicted molar refractivity (Wildman–Crippen MR) is 62.9 cm³/mol. The molecule has 84 valence electrons. The number of hydrogen-bond donors (Lipinski definition) is 1. The predicted octanol–water partition coefficient (Wildman–Crippen LogP) is 2.80. The van der Waals surface area contributed by atoms with Crippen molar-refractivity contribution >= 4 is 5.69 Å². The molecule has 1 aliphatic carbocycles. The molecule has 1 aliphatic rings. The first kappa shape index (κ1) is 10.5. The Hall–Kier alpha value is -0.990. The average molecular weight is 207 g/mol. The van der Waals surface area contributed by atoms with Crippen LogP contribution in [0, 0.1) is 5.41 Å². The Labute approximate surface area is 91.9 Å². The highest BCUT2D eigenvalue weighted by atomic mass is 15.3. The zero-order valence-corrected chi connectivity index (χ0v) is 9.95. The van der Waals surface area contributed by atoms with E-state index >= 15 is 0 Å². The lowest BCUT2D eigenvalue weighted by atomic mass is 9.75. The summed E-state index contributed by atoms with van der Waals surface area (Å²) in [4.78, 5) is 0. The molecule has 1 fully saturated rings. The van der Waals surface area contributed by atoms with Crippen LogP contribution in [0.2, 0.25) is 0 Å². The lowest BCUT2D eigenvalue weighted by Gasteiger charge is -2.35. The molecule has 0 saturated heterocycles. The third kappa shape index (κ3) is 2.74. The van der Waals surface area contributed by atoms with E-state index in [2.05, 4.69) is 24.3 Å². The van der Waals surface area contributed by atoms with Gasteiger partial charge in [-0.25, -0.2) is 0 Å². The molecule has 1 saturated carbocycles. The molecule has 1 aromatic rings. The highest BCUT2D eigenvalue weighted by Crippen LogP contribution is 2.36. The summed E-state index contributed by atoms with van der Waals surface area (Å²) in [7, 11) is 1.95. The summed E-state index contributed by atoms with van der Waals surface area (Å²) in [5, 5.41) is 7.75. The summed E-state index contributed by atoms with van der Waals surface area (Å²) in [6.07, 6.45) is 9.20. The van der Waals surface area contributed by atoms with Crippen molar-refractivity contribution in [2.24, 2.45) is 12.5 Å². The topological polar surface area (TPSA) is 29.9 Å². The first-order valence-electron chi connectivity index (χ1n) is 5.80. The second-order valence-corrected chi connectivity index (χ2v) is 5.50. The van der Waals surface area contributed by atoms with Crippen molar-refractivity contribution in [3.63, 3.8) is 0 Å². The molecule has 1 aromatic heterocycles. The molecule has 0 amide bonds. The monoisotopic (exact) mass is 207 g/mol. The number of anilines is 1. The van der Waals surface area contributed by atoms with Gasteiger partial charge in [-0.1, -0.05) is 20.3 Å². The van der Waals surface area contributed by atoms with Crippen molar-refractivity contribution in [1.29, 1.82) is 0 Å². The summed E-state index contributed by atoms with van der Waals surface area (Å²) < 4.78 is 1.84. The number of aromatic nitrogens is 2. The minimum absolute atomic E-state index is 0.498. The van der Waals surface area contributed by atoms with E-state index in [9.17, 15) is 0 Å². The molecule has 0 spiro atoms. The zero-order valence-electron chi connectivity index (χ0n) is 9.95. The third-order valence-corrected chi connectivity index (χ3v) is 3.28. The largest absolute Gasteiger partial charge is 0.380 e. The lowest BCUT2D eigenvalue weighted by Crippen LogP contribution is -2.31. The minimum Gasteiger partial charge on any atom is -0.380 e. The van der Waals surface area contributed by atoms with Crippen LogP contribution in [0.15, 0.2) is 12.4 Å². The molecule has 0 unspecified atom stereocenters. The SMILES string of the molecule is Cn1cc(N[C@H]2CCCC(C)(C)C2)cn1. The van der Waals surface area contributed by atoms with Crippen LogP contribution in [0.4, 0.5) is 5.69 Å². The van der Waals surface area contributed by atoms with E-state index in [1.807, 2.05) is 24.1 Å². The third-order valence-electron chi connectivity index (χ3n) is 3.28. The second-order valence-electron chi connectivity index (χ2n) is 5.50. The van der Waals surface area contributed by atoms with Gasteiger partial charge in [-0.3, -0.25) is 4.68 Å². The summed E-state index contributed by atoms with van der Waals surface area (Å²) in [5.41, 5.74) is 1.65. The van der Waals surface area contributed by atoms with Gasteiger partial charge in [0.25, 0.3) is 0 Å². The highest BCUT2D eigenvalue weighted by Gasteiger charge is 2.27. The van der Waals surface area contributed by atoms with Crippen molar-refractivity contribution < 1.29 is 0 Å². The first-order chi connectivity index (χ1) is 7.05. The van der Waals surface area contributed by atoms with Crippen LogP contribution < -0.4 is 5.32 Å². The van der Waals surface area contributed by atoms with Gasteiger partial charge in [0, 0.05) is 19.3 Å². The second kappa shape index (κ2) is 3.87. The normalized spacial score (nSPS) is 25.1. The van der Waals surface area contributed by atoms with Crippen LogP contribution in [-0.4, -0.2) is 15.8 Å². The molecule has 0 radical (unpaired) electrons. The molecular formula is C12H21N3. The van der Waals surface area contributed by atoms with Gasteiger partial charge in [0.15, 0.2) is 0 Å². The quantitative estimate of drug-likeness (QED) is 0.808. The maximum absolute atomic E-state index is 4.17. The fraction of sp³-hybridized carbons (Fsp3) is 0.750. The highest BCUT2D eigenvalue weighted by molar-refractivity contribution is 5.39. The van der Waals surface area contributed by atoms with Crippen molar-refractivity contribution in [2.45, 2.75) is 45.6 Å². The van der Waals surface area contributed by atoms with Crippen LogP contribution in [0.5, 0.6) is 0 Å². The number of rotatable bonds is 2. The molecule has 2 rings (SSSR count).